The van der Waals surface area contributed by atoms with Gasteiger partial charge < -0.3 is 4.79 Å². The first-order valence-electron chi connectivity index (χ1n) is 3.97. The average molecular weight is 159 g/mol. The van der Waals surface area contributed by atoms with Gasteiger partial charge in [0.05, 0.1) is 0 Å². The zero-order valence-corrected chi connectivity index (χ0v) is 6.60. The molecule has 1 atom stereocenters. The Morgan fingerprint density at radius 2 is 2.50 bits per heavy atom. The standard InChI is InChI=1S/C10H9NO/c12-6-4-8-1-2-9-7-11-5-3-10(8)9/h1-3,5-8H,4H2. The number of rotatable bonds is 2. The van der Waals surface area contributed by atoms with Crippen molar-refractivity contribution in [2.45, 2.75) is 12.3 Å². The number of nitrogens with zero attached hydrogens (tertiary/aromatic N) is 1. The minimum atomic E-state index is 0.278. The van der Waals surface area contributed by atoms with E-state index in [0.29, 0.717) is 6.42 Å². The highest BCUT2D eigenvalue weighted by atomic mass is 16.1. The van der Waals surface area contributed by atoms with Gasteiger partial charge in [0.25, 0.3) is 0 Å². The van der Waals surface area contributed by atoms with Crippen molar-refractivity contribution in [1.82, 2.24) is 4.98 Å². The first-order valence-corrected chi connectivity index (χ1v) is 3.97. The van der Waals surface area contributed by atoms with Crippen molar-refractivity contribution in [3.8, 4) is 0 Å². The molecule has 60 valence electrons. The smallest absolute Gasteiger partial charge is 0.120 e. The summed E-state index contributed by atoms with van der Waals surface area (Å²) in [6.07, 6.45) is 9.22. The van der Waals surface area contributed by atoms with E-state index in [0.717, 1.165) is 11.8 Å². The molecule has 1 aliphatic rings. The minimum Gasteiger partial charge on any atom is -0.303 e. The second-order valence-electron chi connectivity index (χ2n) is 2.87. The SMILES string of the molecule is O=CCC1C=Cc2cnccc21. The molecular formula is C10H9NO. The molecule has 0 radical (unpaired) electrons. The third kappa shape index (κ3) is 1.05. The average Bonchev–Trinajstić information content (AvgIpc) is 2.50. The van der Waals surface area contributed by atoms with Crippen molar-refractivity contribution in [3.05, 3.63) is 35.7 Å². The number of hydrogen-bond donors (Lipinski definition) is 0. The summed E-state index contributed by atoms with van der Waals surface area (Å²) in [5, 5.41) is 0. The molecule has 0 saturated carbocycles. The molecule has 1 heterocycles. The van der Waals surface area contributed by atoms with E-state index in [4.69, 9.17) is 0 Å². The van der Waals surface area contributed by atoms with Crippen molar-refractivity contribution in [2.24, 2.45) is 0 Å². The van der Waals surface area contributed by atoms with Gasteiger partial charge in [0, 0.05) is 24.7 Å². The summed E-state index contributed by atoms with van der Waals surface area (Å²) < 4.78 is 0. The maximum Gasteiger partial charge on any atom is 0.120 e. The quantitative estimate of drug-likeness (QED) is 0.615. The third-order valence-electron chi connectivity index (χ3n) is 2.14. The molecule has 1 aliphatic carbocycles. The van der Waals surface area contributed by atoms with Crippen LogP contribution in [0.4, 0.5) is 0 Å². The van der Waals surface area contributed by atoms with Crippen LogP contribution in [-0.4, -0.2) is 11.3 Å². The maximum absolute atomic E-state index is 10.3. The largest absolute Gasteiger partial charge is 0.303 e. The number of aldehydes is 1. The van der Waals surface area contributed by atoms with Crippen LogP contribution in [0.25, 0.3) is 6.08 Å². The van der Waals surface area contributed by atoms with Crippen LogP contribution < -0.4 is 0 Å². The summed E-state index contributed by atoms with van der Waals surface area (Å²) in [6.45, 7) is 0. The summed E-state index contributed by atoms with van der Waals surface area (Å²) >= 11 is 0. The van der Waals surface area contributed by atoms with E-state index >= 15 is 0 Å². The van der Waals surface area contributed by atoms with E-state index in [-0.39, 0.29) is 5.92 Å². The molecule has 2 heteroatoms. The molecule has 0 amide bonds. The van der Waals surface area contributed by atoms with Gasteiger partial charge in [0.1, 0.15) is 6.29 Å². The Hall–Kier alpha value is -1.44. The topological polar surface area (TPSA) is 30.0 Å². The molecule has 0 N–H and O–H groups in total. The van der Waals surface area contributed by atoms with Crippen LogP contribution in [0.2, 0.25) is 0 Å². The molecule has 0 fully saturated rings. The molecule has 0 bridgehead atoms. The van der Waals surface area contributed by atoms with Gasteiger partial charge in [-0.05, 0) is 17.2 Å². The molecule has 0 aromatic carbocycles. The summed E-state index contributed by atoms with van der Waals surface area (Å²) in [4.78, 5) is 14.3. The van der Waals surface area contributed by atoms with Gasteiger partial charge in [0.15, 0.2) is 0 Å². The van der Waals surface area contributed by atoms with Crippen LogP contribution >= 0.6 is 0 Å². The van der Waals surface area contributed by atoms with E-state index in [2.05, 4.69) is 11.1 Å². The van der Waals surface area contributed by atoms with Crippen LogP contribution in [0.1, 0.15) is 23.5 Å². The molecular weight excluding hydrogens is 150 g/mol. The van der Waals surface area contributed by atoms with Crippen LogP contribution in [0, 0.1) is 0 Å². The molecule has 1 unspecified atom stereocenters. The molecule has 12 heavy (non-hydrogen) atoms. The lowest BCUT2D eigenvalue weighted by atomic mass is 10.00. The second kappa shape index (κ2) is 2.89. The number of carbonyl (C=O) groups excluding carboxylic acids is 1. The molecule has 0 spiro atoms. The summed E-state index contributed by atoms with van der Waals surface area (Å²) in [7, 11) is 0. The number of allylic oxidation sites excluding steroid dienone is 1. The highest BCUT2D eigenvalue weighted by molar-refractivity contribution is 5.64. The van der Waals surface area contributed by atoms with E-state index in [1.54, 1.807) is 6.20 Å². The monoisotopic (exact) mass is 159 g/mol. The molecule has 0 aliphatic heterocycles. The summed E-state index contributed by atoms with van der Waals surface area (Å²) in [5.41, 5.74) is 2.36. The van der Waals surface area contributed by atoms with Crippen molar-refractivity contribution in [1.29, 1.82) is 0 Å². The molecule has 1 aromatic rings. The Balaban J connectivity index is 2.35. The van der Waals surface area contributed by atoms with Crippen LogP contribution in [0.5, 0.6) is 0 Å². The first kappa shape index (κ1) is 7.22. The highest BCUT2D eigenvalue weighted by Crippen LogP contribution is 2.30. The van der Waals surface area contributed by atoms with Gasteiger partial charge in [-0.25, -0.2) is 0 Å². The fourth-order valence-electron chi connectivity index (χ4n) is 1.53. The van der Waals surface area contributed by atoms with Crippen LogP contribution in [0.15, 0.2) is 24.5 Å². The van der Waals surface area contributed by atoms with E-state index in [1.807, 2.05) is 18.3 Å². The first-order chi connectivity index (χ1) is 5.92. The van der Waals surface area contributed by atoms with Gasteiger partial charge in [-0.2, -0.15) is 0 Å². The van der Waals surface area contributed by atoms with Gasteiger partial charge in [-0.3, -0.25) is 4.98 Å². The Morgan fingerprint density at radius 1 is 1.58 bits per heavy atom. The minimum absolute atomic E-state index is 0.278. The van der Waals surface area contributed by atoms with E-state index in [1.165, 1.54) is 5.56 Å². The predicted molar refractivity (Wildman–Crippen MR) is 46.7 cm³/mol. The third-order valence-corrected chi connectivity index (χ3v) is 2.14. The number of pyridine rings is 1. The van der Waals surface area contributed by atoms with Crippen LogP contribution in [-0.2, 0) is 4.79 Å². The van der Waals surface area contributed by atoms with Gasteiger partial charge in [-0.1, -0.05) is 12.2 Å². The van der Waals surface area contributed by atoms with E-state index < -0.39 is 0 Å². The van der Waals surface area contributed by atoms with Gasteiger partial charge in [0.2, 0.25) is 0 Å². The maximum atomic E-state index is 10.3. The normalized spacial score (nSPS) is 19.2. The predicted octanol–water partition coefficient (Wildman–Crippen LogP) is 1.78. The lowest BCUT2D eigenvalue weighted by Gasteiger charge is -2.04. The van der Waals surface area contributed by atoms with Gasteiger partial charge >= 0.3 is 0 Å². The molecule has 0 saturated heterocycles. The summed E-state index contributed by atoms with van der Waals surface area (Å²) in [5.74, 6) is 0.278. The van der Waals surface area contributed by atoms with E-state index in [9.17, 15) is 4.79 Å². The number of hydrogen-bond acceptors (Lipinski definition) is 2. The van der Waals surface area contributed by atoms with Crippen molar-refractivity contribution >= 4 is 12.4 Å². The Labute approximate surface area is 70.9 Å². The van der Waals surface area contributed by atoms with Gasteiger partial charge in [-0.15, -0.1) is 0 Å². The van der Waals surface area contributed by atoms with Crippen molar-refractivity contribution in [3.63, 3.8) is 0 Å². The van der Waals surface area contributed by atoms with Crippen LogP contribution in [0.3, 0.4) is 0 Å². The zero-order valence-electron chi connectivity index (χ0n) is 6.60. The fraction of sp³-hybridized carbons (Fsp3) is 0.200. The second-order valence-corrected chi connectivity index (χ2v) is 2.87. The fourth-order valence-corrected chi connectivity index (χ4v) is 1.53. The lowest BCUT2D eigenvalue weighted by molar-refractivity contribution is -0.108. The molecule has 1 aromatic heterocycles. The molecule has 2 nitrogen and oxygen atoms in total. The van der Waals surface area contributed by atoms with Crippen molar-refractivity contribution in [2.75, 3.05) is 0 Å². The Kier molecular flexibility index (Phi) is 1.74. The zero-order chi connectivity index (χ0) is 8.39. The number of aromatic nitrogens is 1. The Morgan fingerprint density at radius 3 is 3.33 bits per heavy atom. The molecule has 2 rings (SSSR count). The summed E-state index contributed by atoms with van der Waals surface area (Å²) in [6, 6.07) is 1.98. The Bertz CT molecular complexity index is 330. The lowest BCUT2D eigenvalue weighted by Crippen LogP contribution is -1.93. The highest BCUT2D eigenvalue weighted by Gasteiger charge is 2.15. The number of carbonyl (C=O) groups is 1. The number of fused-ring (bicyclic) bond motifs is 1. The van der Waals surface area contributed by atoms with Crippen molar-refractivity contribution < 1.29 is 4.79 Å².